The second kappa shape index (κ2) is 10.0. The largest absolute Gasteiger partial charge is 0.478 e. The Bertz CT molecular complexity index is 839. The standard InChI is InChI=1S/C24H24ClNO2/c1-18(24(25)27)10-8-9-15-28-23-17-21(19-11-4-2-5-12-19)16-22(26-23)20-13-6-3-7-14-20/h2-7,11-14,16-18H,8-10,15H2,1H3. The Hall–Kier alpha value is -2.65. The van der Waals surface area contributed by atoms with Gasteiger partial charge in [0.25, 0.3) is 0 Å². The number of carbonyl (C=O) groups excluding carboxylic acids is 1. The summed E-state index contributed by atoms with van der Waals surface area (Å²) in [5.74, 6) is 0.507. The molecule has 2 aromatic carbocycles. The number of benzene rings is 2. The van der Waals surface area contributed by atoms with Gasteiger partial charge in [-0.3, -0.25) is 4.79 Å². The normalized spacial score (nSPS) is 11.8. The van der Waals surface area contributed by atoms with Crippen molar-refractivity contribution in [1.29, 1.82) is 0 Å². The van der Waals surface area contributed by atoms with Crippen LogP contribution >= 0.6 is 11.6 Å². The van der Waals surface area contributed by atoms with E-state index in [2.05, 4.69) is 18.2 Å². The van der Waals surface area contributed by atoms with Gasteiger partial charge in [-0.15, -0.1) is 0 Å². The summed E-state index contributed by atoms with van der Waals surface area (Å²) >= 11 is 5.51. The molecule has 0 N–H and O–H groups in total. The molecule has 4 heteroatoms. The molecule has 0 saturated heterocycles. The first kappa shape index (κ1) is 20.1. The Balaban J connectivity index is 1.74. The van der Waals surface area contributed by atoms with E-state index in [1.165, 1.54) is 0 Å². The molecule has 1 aromatic heterocycles. The highest BCUT2D eigenvalue weighted by molar-refractivity contribution is 6.63. The zero-order chi connectivity index (χ0) is 19.8. The van der Waals surface area contributed by atoms with Crippen molar-refractivity contribution in [1.82, 2.24) is 4.98 Å². The van der Waals surface area contributed by atoms with E-state index in [0.29, 0.717) is 12.5 Å². The molecule has 1 unspecified atom stereocenters. The van der Waals surface area contributed by atoms with E-state index < -0.39 is 0 Å². The molecule has 0 aliphatic rings. The minimum Gasteiger partial charge on any atom is -0.478 e. The molecule has 0 aliphatic carbocycles. The topological polar surface area (TPSA) is 39.2 Å². The van der Waals surface area contributed by atoms with E-state index in [9.17, 15) is 4.79 Å². The molecule has 0 spiro atoms. The molecule has 0 aliphatic heterocycles. The van der Waals surface area contributed by atoms with Gasteiger partial charge in [0.15, 0.2) is 0 Å². The predicted molar refractivity (Wildman–Crippen MR) is 114 cm³/mol. The third-order valence-corrected chi connectivity index (χ3v) is 5.02. The number of aromatic nitrogens is 1. The monoisotopic (exact) mass is 393 g/mol. The van der Waals surface area contributed by atoms with Crippen molar-refractivity contribution in [3.8, 4) is 28.3 Å². The summed E-state index contributed by atoms with van der Waals surface area (Å²) in [5, 5.41) is -0.273. The molecule has 3 aromatic rings. The quantitative estimate of drug-likeness (QED) is 0.313. The molecule has 0 saturated carbocycles. The second-order valence-corrected chi connectivity index (χ2v) is 7.23. The molecule has 1 atom stereocenters. The average Bonchev–Trinajstić information content (AvgIpc) is 2.74. The van der Waals surface area contributed by atoms with Crippen LogP contribution in [0.1, 0.15) is 26.2 Å². The first-order chi connectivity index (χ1) is 13.6. The lowest BCUT2D eigenvalue weighted by Crippen LogP contribution is -2.05. The molecule has 3 nitrogen and oxygen atoms in total. The van der Waals surface area contributed by atoms with Crippen LogP contribution < -0.4 is 4.74 Å². The van der Waals surface area contributed by atoms with Crippen LogP contribution in [0.15, 0.2) is 72.8 Å². The third-order valence-electron chi connectivity index (χ3n) is 4.65. The third kappa shape index (κ3) is 5.67. The van der Waals surface area contributed by atoms with Gasteiger partial charge in [0.1, 0.15) is 0 Å². The van der Waals surface area contributed by atoms with Gasteiger partial charge in [0, 0.05) is 17.5 Å². The zero-order valence-electron chi connectivity index (χ0n) is 16.0. The number of pyridine rings is 1. The number of unbranched alkanes of at least 4 members (excludes halogenated alkanes) is 1. The molecule has 0 radical (unpaired) electrons. The highest BCUT2D eigenvalue weighted by Gasteiger charge is 2.10. The summed E-state index contributed by atoms with van der Waals surface area (Å²) in [6, 6.07) is 24.4. The van der Waals surface area contributed by atoms with Crippen LogP contribution in [-0.4, -0.2) is 16.8 Å². The molecule has 3 rings (SSSR count). The van der Waals surface area contributed by atoms with Crippen LogP contribution in [0.2, 0.25) is 0 Å². The van der Waals surface area contributed by atoms with E-state index in [1.807, 2.05) is 61.5 Å². The summed E-state index contributed by atoms with van der Waals surface area (Å²) < 4.78 is 5.94. The number of rotatable bonds is 9. The molecule has 0 fully saturated rings. The van der Waals surface area contributed by atoms with Crippen LogP contribution in [0.25, 0.3) is 22.4 Å². The number of hydrogen-bond acceptors (Lipinski definition) is 3. The lowest BCUT2D eigenvalue weighted by molar-refractivity contribution is -0.114. The Morgan fingerprint density at radius 2 is 1.57 bits per heavy atom. The average molecular weight is 394 g/mol. The van der Waals surface area contributed by atoms with E-state index in [-0.39, 0.29) is 11.2 Å². The Morgan fingerprint density at radius 3 is 2.21 bits per heavy atom. The van der Waals surface area contributed by atoms with E-state index in [0.717, 1.165) is 41.6 Å². The van der Waals surface area contributed by atoms with Crippen molar-refractivity contribution in [3.05, 3.63) is 72.8 Å². The Kier molecular flexibility index (Phi) is 7.21. The maximum atomic E-state index is 11.1. The molecule has 0 amide bonds. The molecule has 1 heterocycles. The van der Waals surface area contributed by atoms with Crippen molar-refractivity contribution < 1.29 is 9.53 Å². The predicted octanol–water partition coefficient (Wildman–Crippen LogP) is 6.37. The van der Waals surface area contributed by atoms with Crippen molar-refractivity contribution in [2.45, 2.75) is 26.2 Å². The zero-order valence-corrected chi connectivity index (χ0v) is 16.7. The molecule has 28 heavy (non-hydrogen) atoms. The summed E-state index contributed by atoms with van der Waals surface area (Å²) in [5.41, 5.74) is 4.14. The number of carbonyl (C=O) groups is 1. The highest BCUT2D eigenvalue weighted by atomic mass is 35.5. The van der Waals surface area contributed by atoms with Crippen molar-refractivity contribution >= 4 is 16.8 Å². The first-order valence-electron chi connectivity index (χ1n) is 9.58. The second-order valence-electron chi connectivity index (χ2n) is 6.86. The number of halogens is 1. The highest BCUT2D eigenvalue weighted by Crippen LogP contribution is 2.28. The van der Waals surface area contributed by atoms with Gasteiger partial charge >= 0.3 is 0 Å². The maximum Gasteiger partial charge on any atom is 0.224 e. The fourth-order valence-corrected chi connectivity index (χ4v) is 3.09. The van der Waals surface area contributed by atoms with Gasteiger partial charge in [-0.25, -0.2) is 4.98 Å². The molecular formula is C24H24ClNO2. The van der Waals surface area contributed by atoms with E-state index in [1.54, 1.807) is 0 Å². The number of nitrogens with zero attached hydrogens (tertiary/aromatic N) is 1. The van der Waals surface area contributed by atoms with Gasteiger partial charge < -0.3 is 4.74 Å². The fourth-order valence-electron chi connectivity index (χ4n) is 2.98. The van der Waals surface area contributed by atoms with Gasteiger partial charge in [0.2, 0.25) is 11.1 Å². The van der Waals surface area contributed by atoms with Gasteiger partial charge in [-0.1, -0.05) is 67.6 Å². The molecular weight excluding hydrogens is 370 g/mol. The number of ether oxygens (including phenoxy) is 1. The Morgan fingerprint density at radius 1 is 0.929 bits per heavy atom. The lowest BCUT2D eigenvalue weighted by atomic mass is 10.0. The summed E-state index contributed by atoms with van der Waals surface area (Å²) in [4.78, 5) is 15.8. The number of hydrogen-bond donors (Lipinski definition) is 0. The van der Waals surface area contributed by atoms with Crippen LogP contribution in [0.4, 0.5) is 0 Å². The van der Waals surface area contributed by atoms with Crippen LogP contribution in [0, 0.1) is 5.92 Å². The fraction of sp³-hybridized carbons (Fsp3) is 0.250. The summed E-state index contributed by atoms with van der Waals surface area (Å²) in [7, 11) is 0. The minimum atomic E-state index is -0.273. The van der Waals surface area contributed by atoms with Crippen molar-refractivity contribution in [3.63, 3.8) is 0 Å². The van der Waals surface area contributed by atoms with Gasteiger partial charge in [-0.2, -0.15) is 0 Å². The van der Waals surface area contributed by atoms with Gasteiger partial charge in [-0.05, 0) is 48.1 Å². The van der Waals surface area contributed by atoms with Gasteiger partial charge in [0.05, 0.1) is 12.3 Å². The van der Waals surface area contributed by atoms with Crippen molar-refractivity contribution in [2.75, 3.05) is 6.61 Å². The molecule has 144 valence electrons. The minimum absolute atomic E-state index is 0.106. The lowest BCUT2D eigenvalue weighted by Gasteiger charge is -2.11. The summed E-state index contributed by atoms with van der Waals surface area (Å²) in [6.07, 6.45) is 2.52. The Labute approximate surface area is 171 Å². The van der Waals surface area contributed by atoms with Crippen LogP contribution in [0.5, 0.6) is 5.88 Å². The van der Waals surface area contributed by atoms with E-state index >= 15 is 0 Å². The maximum absolute atomic E-state index is 11.1. The molecule has 0 bridgehead atoms. The first-order valence-corrected chi connectivity index (χ1v) is 9.96. The van der Waals surface area contributed by atoms with Crippen LogP contribution in [0.3, 0.4) is 0 Å². The summed E-state index contributed by atoms with van der Waals surface area (Å²) in [6.45, 7) is 2.41. The SMILES string of the molecule is CC(CCCCOc1cc(-c2ccccc2)cc(-c2ccccc2)n1)C(=O)Cl. The van der Waals surface area contributed by atoms with Crippen molar-refractivity contribution in [2.24, 2.45) is 5.92 Å². The van der Waals surface area contributed by atoms with E-state index in [4.69, 9.17) is 21.3 Å². The van der Waals surface area contributed by atoms with Crippen LogP contribution in [-0.2, 0) is 4.79 Å². The smallest absolute Gasteiger partial charge is 0.224 e.